The summed E-state index contributed by atoms with van der Waals surface area (Å²) in [6, 6.07) is 111. The third-order valence-electron chi connectivity index (χ3n) is 17.4. The fourth-order valence-electron chi connectivity index (χ4n) is 13.8. The third kappa shape index (κ3) is 7.34. The first kappa shape index (κ1) is 47.0. The quantitative estimate of drug-likeness (QED) is 0.142. The lowest BCUT2D eigenvalue weighted by Gasteiger charge is -2.42. The van der Waals surface area contributed by atoms with E-state index in [9.17, 15) is 0 Å². The largest absolute Gasteiger partial charge is 0.458 e. The first-order valence-corrected chi connectivity index (χ1v) is 28.6. The highest BCUT2D eigenvalue weighted by molar-refractivity contribution is 6.99. The summed E-state index contributed by atoms with van der Waals surface area (Å²) in [5.41, 5.74) is 25.0. The Morgan fingerprint density at radius 1 is 0.277 bits per heavy atom. The van der Waals surface area contributed by atoms with Crippen molar-refractivity contribution in [3.63, 3.8) is 0 Å². The van der Waals surface area contributed by atoms with Gasteiger partial charge in [-0.25, -0.2) is 0 Å². The second-order valence-electron chi connectivity index (χ2n) is 21.9. The van der Waals surface area contributed by atoms with Crippen molar-refractivity contribution >= 4 is 83.8 Å². The van der Waals surface area contributed by atoms with Crippen molar-refractivity contribution in [1.29, 1.82) is 0 Å². The molecule has 4 nitrogen and oxygen atoms in total. The highest BCUT2D eigenvalue weighted by Crippen LogP contribution is 2.51. The van der Waals surface area contributed by atoms with E-state index < -0.39 is 0 Å². The van der Waals surface area contributed by atoms with Crippen LogP contribution in [-0.4, -0.2) is 15.8 Å². The first-order valence-electron chi connectivity index (χ1n) is 28.6. The standard InChI is InChI=1S/C78H50BN3O/c1-6-23-51(24-7-1)56-48-72-75-74(50-56)83-73-49-55(62-38-22-40-66-64-34-17-19-42-70(64)81(78(62)66)58-31-14-5-15-32-58)44-46-68(73)79(75)67-45-43-54(61-37-21-39-65-63-33-16-18-41-69(63)80(77(61)65)57-29-12-4-13-30-57)47-71(67)82(72)76-59(52-25-8-2-9-26-52)35-20-36-60(76)53-27-10-3-11-28-53/h1-50H. The summed E-state index contributed by atoms with van der Waals surface area (Å²) in [7, 11) is 0. The van der Waals surface area contributed by atoms with E-state index in [2.05, 4.69) is 317 Å². The highest BCUT2D eigenvalue weighted by Gasteiger charge is 2.43. The number of para-hydroxylation sites is 7. The molecule has 0 bridgehead atoms. The van der Waals surface area contributed by atoms with Gasteiger partial charge in [0.2, 0.25) is 0 Å². The van der Waals surface area contributed by atoms with Crippen LogP contribution < -0.4 is 26.0 Å². The maximum atomic E-state index is 7.55. The van der Waals surface area contributed by atoms with Gasteiger partial charge in [0.1, 0.15) is 11.5 Å². The molecule has 83 heavy (non-hydrogen) atoms. The first-order chi connectivity index (χ1) is 41.2. The minimum Gasteiger partial charge on any atom is -0.458 e. The van der Waals surface area contributed by atoms with Crippen LogP contribution in [0.25, 0.3) is 111 Å². The van der Waals surface area contributed by atoms with Crippen LogP contribution in [-0.2, 0) is 0 Å². The molecule has 0 amide bonds. The van der Waals surface area contributed by atoms with Crippen LogP contribution >= 0.6 is 0 Å². The number of fused-ring (bicyclic) bond motifs is 10. The summed E-state index contributed by atoms with van der Waals surface area (Å²) < 4.78 is 12.4. The molecule has 0 radical (unpaired) electrons. The van der Waals surface area contributed by atoms with Gasteiger partial charge in [0.25, 0.3) is 6.71 Å². The van der Waals surface area contributed by atoms with E-state index >= 15 is 0 Å². The van der Waals surface area contributed by atoms with Crippen molar-refractivity contribution in [2.75, 3.05) is 4.90 Å². The van der Waals surface area contributed by atoms with E-state index in [4.69, 9.17) is 4.74 Å². The maximum Gasteiger partial charge on any atom is 0.256 e. The molecule has 0 N–H and O–H groups in total. The molecule has 0 aliphatic carbocycles. The third-order valence-corrected chi connectivity index (χ3v) is 17.4. The molecule has 5 heteroatoms. The number of hydrogen-bond donors (Lipinski definition) is 0. The van der Waals surface area contributed by atoms with E-state index in [0.29, 0.717) is 0 Å². The molecule has 15 aromatic rings. The molecule has 2 aromatic heterocycles. The Labute approximate surface area is 481 Å². The molecule has 2 aliphatic rings. The number of benzene rings is 13. The normalized spacial score (nSPS) is 12.4. The van der Waals surface area contributed by atoms with Gasteiger partial charge in [0.15, 0.2) is 0 Å². The molecule has 13 aromatic carbocycles. The van der Waals surface area contributed by atoms with Gasteiger partial charge in [-0.15, -0.1) is 0 Å². The summed E-state index contributed by atoms with van der Waals surface area (Å²) in [6.45, 7) is -0.176. The maximum absolute atomic E-state index is 7.55. The minimum atomic E-state index is -0.176. The molecule has 4 heterocycles. The molecule has 0 saturated heterocycles. The molecule has 0 fully saturated rings. The summed E-state index contributed by atoms with van der Waals surface area (Å²) in [5.74, 6) is 1.70. The lowest BCUT2D eigenvalue weighted by Crippen LogP contribution is -2.59. The van der Waals surface area contributed by atoms with Gasteiger partial charge < -0.3 is 18.8 Å². The van der Waals surface area contributed by atoms with Crippen molar-refractivity contribution in [2.45, 2.75) is 0 Å². The molecule has 17 rings (SSSR count). The molecular formula is C78H50BN3O. The number of ether oxygens (including phenoxy) is 1. The van der Waals surface area contributed by atoms with Crippen LogP contribution in [0.3, 0.4) is 0 Å². The van der Waals surface area contributed by atoms with Crippen LogP contribution in [0.4, 0.5) is 17.1 Å². The van der Waals surface area contributed by atoms with E-state index in [0.717, 1.165) is 106 Å². The Hall–Kier alpha value is -10.9. The minimum absolute atomic E-state index is 0.176. The molecular weight excluding hydrogens is 1010 g/mol. The van der Waals surface area contributed by atoms with Crippen LogP contribution in [0.2, 0.25) is 0 Å². The number of rotatable bonds is 8. The van der Waals surface area contributed by atoms with E-state index in [1.807, 2.05) is 0 Å². The monoisotopic (exact) mass is 1060 g/mol. The lowest BCUT2D eigenvalue weighted by atomic mass is 9.34. The molecule has 0 atom stereocenters. The van der Waals surface area contributed by atoms with E-state index in [1.54, 1.807) is 0 Å². The molecule has 386 valence electrons. The molecule has 0 saturated carbocycles. The number of aromatic nitrogens is 2. The molecule has 0 spiro atoms. The summed E-state index contributed by atoms with van der Waals surface area (Å²) in [4.78, 5) is 2.59. The van der Waals surface area contributed by atoms with Crippen LogP contribution in [0, 0.1) is 0 Å². The zero-order valence-corrected chi connectivity index (χ0v) is 45.2. The average molecular weight is 1060 g/mol. The summed E-state index contributed by atoms with van der Waals surface area (Å²) >= 11 is 0. The summed E-state index contributed by atoms with van der Waals surface area (Å²) in [6.07, 6.45) is 0. The van der Waals surface area contributed by atoms with E-state index in [1.165, 1.54) is 49.1 Å². The van der Waals surface area contributed by atoms with Gasteiger partial charge >= 0.3 is 0 Å². The van der Waals surface area contributed by atoms with Crippen molar-refractivity contribution in [3.05, 3.63) is 303 Å². The van der Waals surface area contributed by atoms with Crippen molar-refractivity contribution < 1.29 is 4.74 Å². The Kier molecular flexibility index (Phi) is 10.7. The number of hydrogen-bond acceptors (Lipinski definition) is 2. The van der Waals surface area contributed by atoms with Crippen molar-refractivity contribution in [1.82, 2.24) is 9.13 Å². The number of nitrogens with zero attached hydrogens (tertiary/aromatic N) is 3. The topological polar surface area (TPSA) is 22.3 Å². The fraction of sp³-hybridized carbons (Fsp3) is 0. The van der Waals surface area contributed by atoms with Gasteiger partial charge in [-0.3, -0.25) is 0 Å². The van der Waals surface area contributed by atoms with Gasteiger partial charge in [0, 0.05) is 66.5 Å². The second kappa shape index (κ2) is 18.9. The number of anilines is 3. The van der Waals surface area contributed by atoms with Gasteiger partial charge in [0.05, 0.1) is 27.8 Å². The zero-order chi connectivity index (χ0) is 54.5. The smallest absolute Gasteiger partial charge is 0.256 e. The van der Waals surface area contributed by atoms with Crippen molar-refractivity contribution in [3.8, 4) is 78.5 Å². The van der Waals surface area contributed by atoms with Crippen molar-refractivity contribution in [2.24, 2.45) is 0 Å². The SMILES string of the molecule is c1ccc(-c2cc3c4c(c2)N(c2c(-c5ccccc5)cccc2-c2ccccc2)c2cc(-c5cccc6c7ccccc7n(-c7ccccc7)c56)ccc2B4c2ccc(-c4cccc5c6ccccc6n(-c6ccccc6)c45)cc2O3)cc1. The van der Waals surface area contributed by atoms with Gasteiger partial charge in [-0.1, -0.05) is 243 Å². The van der Waals surface area contributed by atoms with Gasteiger partial charge in [-0.2, -0.15) is 0 Å². The Bertz CT molecular complexity index is 4990. The Morgan fingerprint density at radius 3 is 1.25 bits per heavy atom. The predicted molar refractivity (Wildman–Crippen MR) is 348 cm³/mol. The Balaban J connectivity index is 0.959. The molecule has 2 aliphatic heterocycles. The lowest BCUT2D eigenvalue weighted by molar-refractivity contribution is 0.488. The zero-order valence-electron chi connectivity index (χ0n) is 45.2. The summed E-state index contributed by atoms with van der Waals surface area (Å²) in [5, 5.41) is 4.88. The van der Waals surface area contributed by atoms with E-state index in [-0.39, 0.29) is 6.71 Å². The second-order valence-corrected chi connectivity index (χ2v) is 21.9. The fourth-order valence-corrected chi connectivity index (χ4v) is 13.8. The van der Waals surface area contributed by atoms with Crippen LogP contribution in [0.5, 0.6) is 11.5 Å². The average Bonchev–Trinajstić information content (AvgIpc) is 2.27. The molecule has 0 unspecified atom stereocenters. The Morgan fingerprint density at radius 2 is 0.699 bits per heavy atom. The van der Waals surface area contributed by atoms with Crippen LogP contribution in [0.15, 0.2) is 303 Å². The van der Waals surface area contributed by atoms with Crippen LogP contribution in [0.1, 0.15) is 0 Å². The highest BCUT2D eigenvalue weighted by atomic mass is 16.5. The van der Waals surface area contributed by atoms with Gasteiger partial charge in [-0.05, 0) is 110 Å². The predicted octanol–water partition coefficient (Wildman–Crippen LogP) is 18.6.